The fraction of sp³-hybridized carbons (Fsp3) is 1.00. The average molecular weight is 395 g/mol. The normalized spacial score (nSPS) is 10.1. The van der Waals surface area contributed by atoms with Crippen molar-refractivity contribution in [2.75, 3.05) is 13.1 Å². The van der Waals surface area contributed by atoms with Crippen LogP contribution in [-0.4, -0.2) is 13.1 Å². The minimum absolute atomic E-state index is 1.11. The van der Waals surface area contributed by atoms with Gasteiger partial charge >= 0.3 is 42.6 Å². The Morgan fingerprint density at radius 3 is 1.19 bits per heavy atom. The van der Waals surface area contributed by atoms with Crippen molar-refractivity contribution in [2.24, 2.45) is 0 Å². The summed E-state index contributed by atoms with van der Waals surface area (Å²) in [5, 5.41) is 4.61. The predicted molar refractivity (Wildman–Crippen MR) is 97.4 cm³/mol. The molecule has 0 fully saturated rings. The molecule has 0 unspecified atom stereocenters. The first-order valence-electron chi connectivity index (χ1n) is 8.61. The van der Waals surface area contributed by atoms with Gasteiger partial charge in [0.25, 0.3) is 0 Å². The number of hydrogen-bond acceptors (Lipinski definition) is 0. The van der Waals surface area contributed by atoms with Crippen LogP contribution in [0.5, 0.6) is 0 Å². The number of hydrogen-bond donors (Lipinski definition) is 0. The van der Waals surface area contributed by atoms with Crippen molar-refractivity contribution in [3.05, 3.63) is 5.32 Å². The molecule has 1 nitrogen and oxygen atoms in total. The number of halogens is 3. The summed E-state index contributed by atoms with van der Waals surface area (Å²) in [6.07, 6.45) is 16.6. The third-order valence-electron chi connectivity index (χ3n) is 3.34. The van der Waals surface area contributed by atoms with E-state index in [1.54, 1.807) is 0 Å². The van der Waals surface area contributed by atoms with Crippen molar-refractivity contribution in [3.8, 4) is 0 Å². The monoisotopic (exact) mass is 393 g/mol. The third kappa shape index (κ3) is 34.1. The van der Waals surface area contributed by atoms with Gasteiger partial charge in [0.2, 0.25) is 0 Å². The second-order valence-electron chi connectivity index (χ2n) is 5.42. The van der Waals surface area contributed by atoms with Gasteiger partial charge in [-0.05, 0) is 0 Å². The number of unbranched alkanes of at least 4 members (excludes halogenated alkanes) is 10. The van der Waals surface area contributed by atoms with Gasteiger partial charge in [-0.15, -0.1) is 13.1 Å². The second-order valence-corrected chi connectivity index (χ2v) is 13.2. The first-order valence-corrected chi connectivity index (χ1v) is 15.1. The number of rotatable bonds is 14. The van der Waals surface area contributed by atoms with Crippen molar-refractivity contribution in [2.45, 2.75) is 90.9 Å². The third-order valence-corrected chi connectivity index (χ3v) is 3.34. The summed E-state index contributed by atoms with van der Waals surface area (Å²) in [7, 11) is 14.9. The van der Waals surface area contributed by atoms with Crippen LogP contribution in [0.15, 0.2) is 0 Å². The van der Waals surface area contributed by atoms with E-state index in [4.69, 9.17) is 27.9 Å². The van der Waals surface area contributed by atoms with E-state index in [0.717, 1.165) is 13.1 Å². The van der Waals surface area contributed by atoms with Crippen LogP contribution in [0, 0.1) is 0 Å². The van der Waals surface area contributed by atoms with Crippen LogP contribution in [0.25, 0.3) is 5.32 Å². The molecule has 0 saturated carbocycles. The molecule has 0 aromatic rings. The standard InChI is InChI=1S/C16H34N.3ClH.Ti/c1-3-5-7-9-11-13-15-17-16-14-12-10-8-6-4-2;;;;/h3-16H2,1-2H3;3*1H;/q-1;;;;+4/p-3. The maximum absolute atomic E-state index is 4.97. The van der Waals surface area contributed by atoms with Gasteiger partial charge in [0.1, 0.15) is 0 Å². The van der Waals surface area contributed by atoms with E-state index >= 15 is 0 Å². The molecular formula is C16H34Cl3NTi. The van der Waals surface area contributed by atoms with Crippen molar-refractivity contribution in [1.82, 2.24) is 0 Å². The van der Waals surface area contributed by atoms with E-state index in [-0.39, 0.29) is 0 Å². The van der Waals surface area contributed by atoms with Crippen molar-refractivity contribution in [1.29, 1.82) is 0 Å². The van der Waals surface area contributed by atoms with Gasteiger partial charge in [-0.2, -0.15) is 0 Å². The van der Waals surface area contributed by atoms with E-state index in [1.165, 1.54) is 77.0 Å². The Hall–Kier alpha value is 1.54. The van der Waals surface area contributed by atoms with Crippen LogP contribution in [0.1, 0.15) is 90.9 Å². The Labute approximate surface area is 151 Å². The van der Waals surface area contributed by atoms with Crippen LogP contribution in [0.4, 0.5) is 0 Å². The van der Waals surface area contributed by atoms with Gasteiger partial charge < -0.3 is 5.32 Å². The molecule has 0 N–H and O–H groups in total. The van der Waals surface area contributed by atoms with Crippen molar-refractivity contribution in [3.63, 3.8) is 0 Å². The van der Waals surface area contributed by atoms with E-state index < -0.39 is 14.7 Å². The molecule has 0 saturated heterocycles. The summed E-state index contributed by atoms with van der Waals surface area (Å²) in [5.74, 6) is 0. The molecule has 0 heterocycles. The van der Waals surface area contributed by atoms with Crippen LogP contribution in [0.3, 0.4) is 0 Å². The van der Waals surface area contributed by atoms with Crippen LogP contribution in [-0.2, 0) is 14.7 Å². The molecule has 0 aliphatic carbocycles. The Balaban J connectivity index is 0. The molecule has 21 heavy (non-hydrogen) atoms. The Morgan fingerprint density at radius 2 is 0.857 bits per heavy atom. The first kappa shape index (κ1) is 24.8. The molecule has 0 radical (unpaired) electrons. The van der Waals surface area contributed by atoms with Crippen molar-refractivity contribution < 1.29 is 14.7 Å². The van der Waals surface area contributed by atoms with Crippen LogP contribution < -0.4 is 0 Å². The molecular weight excluding hydrogens is 360 g/mol. The van der Waals surface area contributed by atoms with E-state index in [0.29, 0.717) is 0 Å². The summed E-state index contributed by atoms with van der Waals surface area (Å²) < 4.78 is 0. The zero-order valence-corrected chi connectivity index (χ0v) is 17.8. The molecule has 0 bridgehead atoms. The topological polar surface area (TPSA) is 14.1 Å². The molecule has 0 spiro atoms. The molecule has 0 atom stereocenters. The Bertz CT molecular complexity index is 155. The van der Waals surface area contributed by atoms with Gasteiger partial charge in [-0.25, -0.2) is 0 Å². The number of nitrogens with zero attached hydrogens (tertiary/aromatic N) is 1. The summed E-state index contributed by atoms with van der Waals surface area (Å²) in [6, 6.07) is 0. The molecule has 128 valence electrons. The molecule has 5 heteroatoms. The zero-order valence-electron chi connectivity index (χ0n) is 14.0. The maximum atomic E-state index is 4.97. The zero-order chi connectivity index (χ0) is 16.2. The fourth-order valence-corrected chi connectivity index (χ4v) is 2.12. The van der Waals surface area contributed by atoms with Crippen LogP contribution >= 0.6 is 27.9 Å². The molecule has 0 aromatic heterocycles. The van der Waals surface area contributed by atoms with E-state index in [2.05, 4.69) is 19.2 Å². The van der Waals surface area contributed by atoms with Gasteiger partial charge in [0.15, 0.2) is 0 Å². The molecule has 0 aromatic carbocycles. The molecule has 0 aliphatic heterocycles. The quantitative estimate of drug-likeness (QED) is 0.208. The SMILES string of the molecule is CCCCCCCC[N-]CCCCCCCC.[Cl][Ti+]([Cl])[Cl]. The van der Waals surface area contributed by atoms with Crippen LogP contribution in [0.2, 0.25) is 0 Å². The molecule has 0 aliphatic rings. The summed E-state index contributed by atoms with van der Waals surface area (Å²) in [6.45, 7) is 6.77. The Morgan fingerprint density at radius 1 is 0.571 bits per heavy atom. The summed E-state index contributed by atoms with van der Waals surface area (Å²) >= 11 is -1.92. The van der Waals surface area contributed by atoms with E-state index in [9.17, 15) is 0 Å². The van der Waals surface area contributed by atoms with Gasteiger partial charge in [0.05, 0.1) is 0 Å². The van der Waals surface area contributed by atoms with E-state index in [1.807, 2.05) is 0 Å². The average Bonchev–Trinajstić information content (AvgIpc) is 2.43. The second kappa shape index (κ2) is 23.8. The Kier molecular flexibility index (Phi) is 28.1. The van der Waals surface area contributed by atoms with Crippen molar-refractivity contribution >= 4 is 27.9 Å². The first-order chi connectivity index (χ1) is 10.1. The van der Waals surface area contributed by atoms with Gasteiger partial charge in [0, 0.05) is 0 Å². The van der Waals surface area contributed by atoms with Gasteiger partial charge in [-0.3, -0.25) is 0 Å². The molecule has 0 rings (SSSR count). The fourth-order valence-electron chi connectivity index (χ4n) is 2.12. The minimum atomic E-state index is -1.92. The van der Waals surface area contributed by atoms with Gasteiger partial charge in [-0.1, -0.05) is 90.9 Å². The summed E-state index contributed by atoms with van der Waals surface area (Å²) in [4.78, 5) is 0. The predicted octanol–water partition coefficient (Wildman–Crippen LogP) is 8.15. The summed E-state index contributed by atoms with van der Waals surface area (Å²) in [5.41, 5.74) is 0. The molecule has 0 amide bonds.